The average Bonchev–Trinajstić information content (AvgIpc) is 1.37. The van der Waals surface area contributed by atoms with Gasteiger partial charge in [0.25, 0.3) is 4.66 Å². The second-order valence-corrected chi connectivity index (χ2v) is 2.05. The van der Waals surface area contributed by atoms with Crippen molar-refractivity contribution in [2.24, 2.45) is 0 Å². The number of rotatable bonds is 1. The van der Waals surface area contributed by atoms with Crippen LogP contribution in [-0.2, 0) is 15.9 Å². The van der Waals surface area contributed by atoms with E-state index < -0.39 is 0 Å². The van der Waals surface area contributed by atoms with Gasteiger partial charge in [0, 0.05) is 4.21 Å². The Hall–Kier alpha value is 0.500. The van der Waals surface area contributed by atoms with Crippen LogP contribution in [0.2, 0.25) is 0 Å². The molecule has 24 valence electrons. The van der Waals surface area contributed by atoms with E-state index in [0.717, 1.165) is 0 Å². The second-order valence-electron chi connectivity index (χ2n) is 0.227. The van der Waals surface area contributed by atoms with Gasteiger partial charge in [0.1, 0.15) is 0 Å². The highest BCUT2D eigenvalue weighted by Gasteiger charge is 1.80. The Labute approximate surface area is 37.0 Å². The molecule has 0 amide bonds. The van der Waals surface area contributed by atoms with Crippen molar-refractivity contribution in [3.05, 3.63) is 0 Å². The fourth-order valence-electron chi connectivity index (χ4n) is 0. The normalized spacial score (nSPS) is 6.25. The van der Waals surface area contributed by atoms with Crippen molar-refractivity contribution in [2.75, 3.05) is 4.66 Å². The van der Waals surface area contributed by atoms with Gasteiger partial charge in [0.05, 0.1) is 0 Å². The highest BCUT2D eigenvalue weighted by atomic mass is 79.9. The monoisotopic (exact) mass is 141 g/mol. The second kappa shape index (κ2) is 3.50. The third-order valence-electron chi connectivity index (χ3n) is 0.0445. The van der Waals surface area contributed by atoms with Crippen LogP contribution in [0.5, 0.6) is 0 Å². The molecule has 0 atom stereocenters. The van der Waals surface area contributed by atoms with E-state index in [0.29, 0.717) is 16.3 Å². The summed E-state index contributed by atoms with van der Waals surface area (Å²) in [6, 6.07) is 0. The van der Waals surface area contributed by atoms with E-state index in [9.17, 15) is 0 Å². The van der Waals surface area contributed by atoms with Crippen molar-refractivity contribution in [2.45, 2.75) is 0 Å². The van der Waals surface area contributed by atoms with E-state index in [-0.39, 0.29) is 0 Å². The van der Waals surface area contributed by atoms with Crippen molar-refractivity contribution in [3.63, 3.8) is 0 Å². The number of hydrogen-bond donors (Lipinski definition) is 0. The van der Waals surface area contributed by atoms with Gasteiger partial charge in [-0.25, -0.2) is 0 Å². The first-order chi connectivity index (χ1) is 1.91. The lowest BCUT2D eigenvalue weighted by Crippen LogP contribution is -1.50. The molecule has 1 nitrogen and oxygen atoms in total. The Morgan fingerprint density at radius 2 is 2.25 bits per heavy atom. The van der Waals surface area contributed by atoms with Gasteiger partial charge < -0.3 is 0 Å². The molecule has 0 N–H and O–H groups in total. The Morgan fingerprint density at radius 3 is 2.25 bits per heavy atom. The first-order valence-electron chi connectivity index (χ1n) is 0.723. The minimum Gasteiger partial charge on any atom is -0.0164 e. The molecule has 0 saturated heterocycles. The molecule has 4 heavy (non-hydrogen) atoms. The Kier molecular flexibility index (Phi) is 3.94. The minimum absolute atomic E-state index is 0.493. The first-order valence-corrected chi connectivity index (χ1v) is 2.75. The maximum Gasteiger partial charge on any atom is 0.470 e. The molecule has 0 aliphatic rings. The molecule has 0 unspecified atom stereocenters. The van der Waals surface area contributed by atoms with Crippen LogP contribution in [0.1, 0.15) is 0 Å². The smallest absolute Gasteiger partial charge is 0.0164 e. The molecule has 0 aromatic heterocycles. The van der Waals surface area contributed by atoms with Crippen LogP contribution in [0.3, 0.4) is 0 Å². The van der Waals surface area contributed by atoms with Crippen LogP contribution in [0, 0.1) is 0 Å². The molecular weight excluding hydrogens is 140 g/mol. The molecule has 0 heterocycles. The van der Waals surface area contributed by atoms with Crippen LogP contribution in [0.4, 0.5) is 0 Å². The van der Waals surface area contributed by atoms with E-state index in [4.69, 9.17) is 4.21 Å². The molecule has 0 radical (unpaired) electrons. The van der Waals surface area contributed by atoms with E-state index in [1.165, 1.54) is 0 Å². The van der Waals surface area contributed by atoms with Crippen LogP contribution in [0.15, 0.2) is 0 Å². The van der Waals surface area contributed by atoms with Crippen LogP contribution in [-0.4, -0.2) is 4.66 Å². The van der Waals surface area contributed by atoms with E-state index >= 15 is 0 Å². The zero-order valence-electron chi connectivity index (χ0n) is 1.90. The maximum atomic E-state index is 9.17. The summed E-state index contributed by atoms with van der Waals surface area (Å²) in [5.41, 5.74) is 0. The third-order valence-corrected chi connectivity index (χ3v) is 0.694. The van der Waals surface area contributed by atoms with Crippen LogP contribution >= 0.6 is 15.9 Å². The first kappa shape index (κ1) is 4.50. The predicted molar refractivity (Wildman–Crippen MR) is 21.8 cm³/mol. The standard InChI is InChI=1S/CH2BrOS/c2-1-4-3/h1H2/q+1. The number of hydrogen-bond acceptors (Lipinski definition) is 1. The van der Waals surface area contributed by atoms with Crippen LogP contribution in [0.25, 0.3) is 0 Å². The quantitative estimate of drug-likeness (QED) is 0.390. The molecule has 3 heteroatoms. The van der Waals surface area contributed by atoms with Crippen molar-refractivity contribution in [1.29, 1.82) is 0 Å². The molecule has 0 bridgehead atoms. The van der Waals surface area contributed by atoms with Gasteiger partial charge in [-0.2, -0.15) is 0 Å². The van der Waals surface area contributed by atoms with E-state index in [2.05, 4.69) is 15.9 Å². The highest BCUT2D eigenvalue weighted by Crippen LogP contribution is 1.69. The van der Waals surface area contributed by atoms with Gasteiger partial charge >= 0.3 is 11.7 Å². The van der Waals surface area contributed by atoms with Gasteiger partial charge in [0.15, 0.2) is 0 Å². The fraction of sp³-hybridized carbons (Fsp3) is 1.00. The van der Waals surface area contributed by atoms with E-state index in [1.807, 2.05) is 0 Å². The molecule has 0 aliphatic carbocycles. The SMILES string of the molecule is O=[S+]CBr. The molecule has 0 fully saturated rings. The zero-order chi connectivity index (χ0) is 3.41. The van der Waals surface area contributed by atoms with E-state index in [1.54, 1.807) is 0 Å². The van der Waals surface area contributed by atoms with Crippen molar-refractivity contribution in [3.8, 4) is 0 Å². The largest absolute Gasteiger partial charge is 0.470 e. The Bertz CT molecular complexity index is 22.0. The van der Waals surface area contributed by atoms with Crippen molar-refractivity contribution < 1.29 is 4.21 Å². The molecule has 0 aliphatic heterocycles. The summed E-state index contributed by atoms with van der Waals surface area (Å²) in [6.45, 7) is 0. The molecule has 0 aromatic carbocycles. The molecule has 0 rings (SSSR count). The lowest BCUT2D eigenvalue weighted by atomic mass is 11.9. The maximum absolute atomic E-state index is 9.17. The topological polar surface area (TPSA) is 17.1 Å². The highest BCUT2D eigenvalue weighted by molar-refractivity contribution is 9.10. The lowest BCUT2D eigenvalue weighted by molar-refractivity contribution is 0.607. The summed E-state index contributed by atoms with van der Waals surface area (Å²) in [7, 11) is 0. The molecule has 0 saturated carbocycles. The lowest BCUT2D eigenvalue weighted by Gasteiger charge is -1.26. The Balaban J connectivity index is 2.30. The molecule has 0 aromatic rings. The summed E-state index contributed by atoms with van der Waals surface area (Å²) in [5, 5.41) is 0. The van der Waals surface area contributed by atoms with Gasteiger partial charge in [0.2, 0.25) is 0 Å². The summed E-state index contributed by atoms with van der Waals surface area (Å²) < 4.78 is 9.66. The Morgan fingerprint density at radius 1 is 2.00 bits per heavy atom. The van der Waals surface area contributed by atoms with Gasteiger partial charge in [-0.3, -0.25) is 0 Å². The summed E-state index contributed by atoms with van der Waals surface area (Å²) in [6.07, 6.45) is 0. The van der Waals surface area contributed by atoms with Gasteiger partial charge in [-0.05, 0) is 15.9 Å². The van der Waals surface area contributed by atoms with Crippen molar-refractivity contribution in [1.82, 2.24) is 0 Å². The summed E-state index contributed by atoms with van der Waals surface area (Å²) >= 11 is 3.42. The number of alkyl halides is 1. The van der Waals surface area contributed by atoms with Crippen LogP contribution < -0.4 is 0 Å². The average molecular weight is 142 g/mol. The minimum atomic E-state index is 0.493. The summed E-state index contributed by atoms with van der Waals surface area (Å²) in [5.74, 6) is 0. The fourth-order valence-corrected chi connectivity index (χ4v) is 0. The predicted octanol–water partition coefficient (Wildman–Crippen LogP) is 0.767. The van der Waals surface area contributed by atoms with Gasteiger partial charge in [-0.1, -0.05) is 0 Å². The van der Waals surface area contributed by atoms with Gasteiger partial charge in [-0.15, -0.1) is 0 Å². The molecular formula is CH2BrOS+. The van der Waals surface area contributed by atoms with Crippen molar-refractivity contribution >= 4 is 27.6 Å². The third kappa shape index (κ3) is 2.50. The number of halogens is 1. The summed E-state index contributed by atoms with van der Waals surface area (Å²) in [4.78, 5) is 0. The zero-order valence-corrected chi connectivity index (χ0v) is 4.30. The molecule has 0 spiro atoms.